The molecule has 0 spiro atoms. The van der Waals surface area contributed by atoms with Crippen LogP contribution in [0.15, 0.2) is 45.8 Å². The standard InChI is InChI=1S/C26H32N6O2/c1-4-23(25-28-29-30-32(25)16-22-10-7-13-34-22)31(21-8-5-6-9-21)15-20-14-19-12-11-17(2)18(3)24(19)27-26(20)33/h7,10-14,21,23H,4-6,8-9,15-16H2,1-3H3,(H,27,33)/t23-/m0/s1. The second-order valence-electron chi connectivity index (χ2n) is 9.40. The molecule has 0 bridgehead atoms. The molecule has 0 saturated heterocycles. The van der Waals surface area contributed by atoms with Gasteiger partial charge in [0.2, 0.25) is 0 Å². The number of tetrazole rings is 1. The van der Waals surface area contributed by atoms with E-state index in [2.05, 4.69) is 64.4 Å². The van der Waals surface area contributed by atoms with Crippen molar-refractivity contribution in [3.05, 3.63) is 75.2 Å². The van der Waals surface area contributed by atoms with Crippen molar-refractivity contribution >= 4 is 10.9 Å². The molecule has 0 aliphatic heterocycles. The van der Waals surface area contributed by atoms with Crippen LogP contribution in [0, 0.1) is 13.8 Å². The Bertz CT molecular complexity index is 1320. The highest BCUT2D eigenvalue weighted by atomic mass is 16.3. The zero-order valence-electron chi connectivity index (χ0n) is 20.1. The van der Waals surface area contributed by atoms with Crippen LogP contribution >= 0.6 is 0 Å². The Kier molecular flexibility index (Phi) is 6.32. The van der Waals surface area contributed by atoms with Gasteiger partial charge in [0.05, 0.1) is 17.8 Å². The van der Waals surface area contributed by atoms with E-state index in [0.717, 1.165) is 52.9 Å². The summed E-state index contributed by atoms with van der Waals surface area (Å²) in [6, 6.07) is 10.5. The Labute approximate surface area is 199 Å². The smallest absolute Gasteiger partial charge is 0.252 e. The molecule has 5 rings (SSSR count). The molecule has 34 heavy (non-hydrogen) atoms. The Morgan fingerprint density at radius 3 is 2.79 bits per heavy atom. The Morgan fingerprint density at radius 1 is 1.24 bits per heavy atom. The van der Waals surface area contributed by atoms with Crippen LogP contribution in [0.1, 0.15) is 73.3 Å². The second-order valence-corrected chi connectivity index (χ2v) is 9.40. The molecule has 178 valence electrons. The fourth-order valence-corrected chi connectivity index (χ4v) is 5.29. The van der Waals surface area contributed by atoms with E-state index in [1.165, 1.54) is 18.4 Å². The van der Waals surface area contributed by atoms with Crippen molar-refractivity contribution in [1.29, 1.82) is 0 Å². The number of H-pyrrole nitrogens is 1. The van der Waals surface area contributed by atoms with Gasteiger partial charge in [-0.2, -0.15) is 0 Å². The maximum absolute atomic E-state index is 13.2. The van der Waals surface area contributed by atoms with Crippen molar-refractivity contribution in [2.75, 3.05) is 0 Å². The van der Waals surface area contributed by atoms with Gasteiger partial charge in [0.25, 0.3) is 5.56 Å². The molecule has 0 unspecified atom stereocenters. The number of nitrogens with one attached hydrogen (secondary N) is 1. The monoisotopic (exact) mass is 460 g/mol. The lowest BCUT2D eigenvalue weighted by Gasteiger charge is -2.35. The van der Waals surface area contributed by atoms with Crippen LogP contribution in [0.5, 0.6) is 0 Å². The number of furan rings is 1. The summed E-state index contributed by atoms with van der Waals surface area (Å²) in [6.45, 7) is 7.34. The summed E-state index contributed by atoms with van der Waals surface area (Å²) in [5.41, 5.74) is 3.99. The molecule has 1 aromatic carbocycles. The zero-order chi connectivity index (χ0) is 23.7. The number of rotatable bonds is 8. The van der Waals surface area contributed by atoms with Crippen LogP contribution < -0.4 is 5.56 Å². The average molecular weight is 461 g/mol. The highest BCUT2D eigenvalue weighted by Gasteiger charge is 2.32. The number of fused-ring (bicyclic) bond motifs is 1. The first-order valence-corrected chi connectivity index (χ1v) is 12.2. The fraction of sp³-hybridized carbons (Fsp3) is 0.462. The van der Waals surface area contributed by atoms with E-state index >= 15 is 0 Å². The number of aromatic amines is 1. The maximum atomic E-state index is 13.2. The number of nitrogens with zero attached hydrogens (tertiary/aromatic N) is 5. The molecule has 1 fully saturated rings. The predicted octanol–water partition coefficient (Wildman–Crippen LogP) is 4.67. The molecule has 1 aliphatic rings. The van der Waals surface area contributed by atoms with E-state index in [4.69, 9.17) is 4.42 Å². The largest absolute Gasteiger partial charge is 0.467 e. The first-order valence-electron chi connectivity index (χ1n) is 12.2. The third-order valence-corrected chi connectivity index (χ3v) is 7.30. The molecule has 1 saturated carbocycles. The van der Waals surface area contributed by atoms with Crippen LogP contribution in [0.4, 0.5) is 0 Å². The van der Waals surface area contributed by atoms with Crippen molar-refractivity contribution in [2.24, 2.45) is 0 Å². The first-order chi connectivity index (χ1) is 16.5. The van der Waals surface area contributed by atoms with Crippen molar-refractivity contribution in [1.82, 2.24) is 30.1 Å². The van der Waals surface area contributed by atoms with E-state index < -0.39 is 0 Å². The van der Waals surface area contributed by atoms with E-state index in [9.17, 15) is 4.79 Å². The molecule has 8 nitrogen and oxygen atoms in total. The maximum Gasteiger partial charge on any atom is 0.252 e. The number of benzene rings is 1. The molecule has 0 radical (unpaired) electrons. The van der Waals surface area contributed by atoms with Crippen LogP contribution in [-0.2, 0) is 13.1 Å². The van der Waals surface area contributed by atoms with Gasteiger partial charge in [0.1, 0.15) is 12.3 Å². The van der Waals surface area contributed by atoms with E-state index in [1.54, 1.807) is 6.26 Å². The third-order valence-electron chi connectivity index (χ3n) is 7.30. The molecular formula is C26H32N6O2. The van der Waals surface area contributed by atoms with Crippen molar-refractivity contribution in [3.63, 3.8) is 0 Å². The fourth-order valence-electron chi connectivity index (χ4n) is 5.29. The number of aryl methyl sites for hydroxylation is 2. The van der Waals surface area contributed by atoms with Crippen molar-refractivity contribution in [2.45, 2.75) is 78.0 Å². The summed E-state index contributed by atoms with van der Waals surface area (Å²) in [5.74, 6) is 1.63. The van der Waals surface area contributed by atoms with E-state index in [1.807, 2.05) is 16.8 Å². The number of hydrogen-bond donors (Lipinski definition) is 1. The van der Waals surface area contributed by atoms with Crippen molar-refractivity contribution < 1.29 is 4.42 Å². The molecule has 1 N–H and O–H groups in total. The molecule has 0 amide bonds. The minimum atomic E-state index is -0.0192. The normalized spacial score (nSPS) is 15.5. The minimum absolute atomic E-state index is 0.00270. The molecule has 1 aliphatic carbocycles. The van der Waals surface area contributed by atoms with Gasteiger partial charge >= 0.3 is 0 Å². The predicted molar refractivity (Wildman–Crippen MR) is 131 cm³/mol. The topological polar surface area (TPSA) is 92.8 Å². The molecule has 1 atom stereocenters. The summed E-state index contributed by atoms with van der Waals surface area (Å²) in [4.78, 5) is 18.8. The molecular weight excluding hydrogens is 428 g/mol. The number of aromatic nitrogens is 5. The van der Waals surface area contributed by atoms with Crippen LogP contribution in [0.2, 0.25) is 0 Å². The zero-order valence-corrected chi connectivity index (χ0v) is 20.1. The van der Waals surface area contributed by atoms with Gasteiger partial charge in [-0.05, 0) is 78.2 Å². The summed E-state index contributed by atoms with van der Waals surface area (Å²) >= 11 is 0. The SMILES string of the molecule is CC[C@@H](c1nnnn1Cc1ccco1)N(Cc1cc2ccc(C)c(C)c2[nH]c1=O)C1CCCC1. The molecule has 4 aromatic rings. The third kappa shape index (κ3) is 4.30. The Hall–Kier alpha value is -3.26. The lowest BCUT2D eigenvalue weighted by Crippen LogP contribution is -2.39. The molecule has 3 aromatic heterocycles. The minimum Gasteiger partial charge on any atom is -0.467 e. The highest BCUT2D eigenvalue weighted by molar-refractivity contribution is 5.83. The Morgan fingerprint density at radius 2 is 2.06 bits per heavy atom. The van der Waals surface area contributed by atoms with Gasteiger partial charge in [-0.15, -0.1) is 5.10 Å². The van der Waals surface area contributed by atoms with Gasteiger partial charge in [-0.1, -0.05) is 31.9 Å². The van der Waals surface area contributed by atoms with Gasteiger partial charge in [0.15, 0.2) is 5.82 Å². The molecule has 8 heteroatoms. The van der Waals surface area contributed by atoms with Crippen LogP contribution in [-0.4, -0.2) is 36.1 Å². The van der Waals surface area contributed by atoms with Gasteiger partial charge in [0, 0.05) is 18.2 Å². The van der Waals surface area contributed by atoms with Gasteiger partial charge in [-0.25, -0.2) is 4.68 Å². The summed E-state index contributed by atoms with van der Waals surface area (Å²) < 4.78 is 7.36. The summed E-state index contributed by atoms with van der Waals surface area (Å²) in [6.07, 6.45) is 7.18. The van der Waals surface area contributed by atoms with Gasteiger partial charge < -0.3 is 9.40 Å². The molecule has 3 heterocycles. The number of hydrogen-bond acceptors (Lipinski definition) is 6. The van der Waals surface area contributed by atoms with Crippen molar-refractivity contribution in [3.8, 4) is 0 Å². The summed E-state index contributed by atoms with van der Waals surface area (Å²) in [7, 11) is 0. The Balaban J connectivity index is 1.51. The highest BCUT2D eigenvalue weighted by Crippen LogP contribution is 2.34. The lowest BCUT2D eigenvalue weighted by atomic mass is 10.0. The van der Waals surface area contributed by atoms with E-state index in [-0.39, 0.29) is 11.6 Å². The lowest BCUT2D eigenvalue weighted by molar-refractivity contribution is 0.112. The van der Waals surface area contributed by atoms with Crippen LogP contribution in [0.3, 0.4) is 0 Å². The van der Waals surface area contributed by atoms with E-state index in [0.29, 0.717) is 19.1 Å². The van der Waals surface area contributed by atoms with Gasteiger partial charge in [-0.3, -0.25) is 9.69 Å². The quantitative estimate of drug-likeness (QED) is 0.411. The number of pyridine rings is 1. The second kappa shape index (κ2) is 9.54. The first kappa shape index (κ1) is 22.5. The summed E-state index contributed by atoms with van der Waals surface area (Å²) in [5, 5.41) is 13.7. The van der Waals surface area contributed by atoms with Crippen LogP contribution in [0.25, 0.3) is 10.9 Å². The average Bonchev–Trinajstić information content (AvgIpc) is 3.61.